The van der Waals surface area contributed by atoms with E-state index < -0.39 is 29.7 Å². The van der Waals surface area contributed by atoms with Crippen LogP contribution in [-0.2, 0) is 11.8 Å². The van der Waals surface area contributed by atoms with Crippen LogP contribution in [0, 0.1) is 24.5 Å². The lowest BCUT2D eigenvalue weighted by molar-refractivity contribution is 0.0927. The van der Waals surface area contributed by atoms with Crippen LogP contribution in [0.5, 0.6) is 0 Å². The van der Waals surface area contributed by atoms with Crippen molar-refractivity contribution in [3.05, 3.63) is 83.7 Å². The normalized spacial score (nSPS) is 19.5. The molecule has 43 heavy (non-hydrogen) atoms. The third kappa shape index (κ3) is 6.31. The van der Waals surface area contributed by atoms with E-state index >= 15 is 0 Å². The Balaban J connectivity index is 1.46. The van der Waals surface area contributed by atoms with Crippen LogP contribution in [0.2, 0.25) is 0 Å². The molecule has 3 heterocycles. The number of methoxy groups -OCH3 is 1. The first kappa shape index (κ1) is 30.3. The minimum absolute atomic E-state index is 0.00424. The highest BCUT2D eigenvalue weighted by Crippen LogP contribution is 2.39. The standard InChI is InChI=1S/C31H38F2N8O2/c1-19-28(21-16-35-39(3)17-21)38-41(23-9-7-6-8-10-23)30(19)37-31(42)36-26-14-27(22(15-34-2)18-43-5)40(4)29(26)20-11-12-24(32)25(33)13-20/h6-13,16-17,22,26-27,29,34H,14-15,18H2,1-5H3,(H2,36,37,42)/t22?,26-,27+,29+/m1/s1. The number of benzene rings is 2. The summed E-state index contributed by atoms with van der Waals surface area (Å²) < 4.78 is 37.2. The SMILES string of the molecule is CNCC(COC)[C@@H]1C[C@@H](NC(=O)Nc2c(C)c(-c3cnn(C)c3)nn2-c2ccccc2)[C@H](c2ccc(F)c(F)c2)N1C. The molecule has 4 atom stereocenters. The molecule has 1 saturated heterocycles. The highest BCUT2D eigenvalue weighted by molar-refractivity contribution is 5.91. The number of nitrogens with one attached hydrogen (secondary N) is 3. The third-order valence-corrected chi connectivity index (χ3v) is 8.16. The van der Waals surface area contributed by atoms with E-state index in [-0.39, 0.29) is 12.0 Å². The van der Waals surface area contributed by atoms with E-state index in [1.165, 1.54) is 6.07 Å². The highest BCUT2D eigenvalue weighted by atomic mass is 19.2. The minimum atomic E-state index is -0.925. The molecule has 2 amide bonds. The average Bonchev–Trinajstić information content (AvgIpc) is 3.66. The molecular formula is C31H38F2N8O2. The van der Waals surface area contributed by atoms with Crippen molar-refractivity contribution in [2.45, 2.75) is 31.5 Å². The molecule has 1 unspecified atom stereocenters. The van der Waals surface area contributed by atoms with Crippen LogP contribution in [0.3, 0.4) is 0 Å². The number of amides is 2. The summed E-state index contributed by atoms with van der Waals surface area (Å²) >= 11 is 0. The molecule has 1 aliphatic rings. The van der Waals surface area contributed by atoms with Gasteiger partial charge in [0.2, 0.25) is 0 Å². The van der Waals surface area contributed by atoms with Gasteiger partial charge in [-0.15, -0.1) is 0 Å². The number of likely N-dealkylation sites (tertiary alicyclic amines) is 1. The quantitative estimate of drug-likeness (QED) is 0.254. The van der Waals surface area contributed by atoms with Crippen molar-refractivity contribution in [3.63, 3.8) is 0 Å². The molecule has 1 fully saturated rings. The lowest BCUT2D eigenvalue weighted by atomic mass is 9.96. The van der Waals surface area contributed by atoms with Crippen molar-refractivity contribution >= 4 is 11.8 Å². The second-order valence-electron chi connectivity index (χ2n) is 11.0. The van der Waals surface area contributed by atoms with Crippen LogP contribution in [0.15, 0.2) is 60.9 Å². The maximum atomic E-state index is 14.4. The summed E-state index contributed by atoms with van der Waals surface area (Å²) in [7, 11) is 7.32. The van der Waals surface area contributed by atoms with E-state index in [2.05, 4.69) is 25.9 Å². The number of nitrogens with zero attached hydrogens (tertiary/aromatic N) is 5. The van der Waals surface area contributed by atoms with Gasteiger partial charge in [-0.05, 0) is 57.3 Å². The number of urea groups is 1. The summed E-state index contributed by atoms with van der Waals surface area (Å²) in [6.45, 7) is 3.10. The number of aromatic nitrogens is 4. The molecule has 1 aliphatic heterocycles. The predicted octanol–water partition coefficient (Wildman–Crippen LogP) is 4.28. The molecule has 0 radical (unpaired) electrons. The van der Waals surface area contributed by atoms with Gasteiger partial charge in [0.25, 0.3) is 0 Å². The number of rotatable bonds is 10. The summed E-state index contributed by atoms with van der Waals surface area (Å²) in [4.78, 5) is 15.8. The van der Waals surface area contributed by atoms with E-state index in [1.54, 1.807) is 28.7 Å². The van der Waals surface area contributed by atoms with Crippen LogP contribution >= 0.6 is 0 Å². The highest BCUT2D eigenvalue weighted by Gasteiger charge is 2.44. The topological polar surface area (TPSA) is 101 Å². The smallest absolute Gasteiger partial charge is 0.320 e. The van der Waals surface area contributed by atoms with Crippen molar-refractivity contribution < 1.29 is 18.3 Å². The molecule has 0 bridgehead atoms. The van der Waals surface area contributed by atoms with Gasteiger partial charge in [-0.1, -0.05) is 24.3 Å². The molecule has 4 aromatic rings. The Kier molecular flexibility index (Phi) is 9.19. The monoisotopic (exact) mass is 592 g/mol. The van der Waals surface area contributed by atoms with Crippen molar-refractivity contribution in [2.75, 3.05) is 39.7 Å². The summed E-state index contributed by atoms with van der Waals surface area (Å²) in [5.41, 5.74) is 3.66. The second-order valence-corrected chi connectivity index (χ2v) is 11.0. The summed E-state index contributed by atoms with van der Waals surface area (Å²) in [5.74, 6) is -1.22. The van der Waals surface area contributed by atoms with Crippen LogP contribution < -0.4 is 16.0 Å². The second kappa shape index (κ2) is 13.0. The fourth-order valence-electron chi connectivity index (χ4n) is 6.18. The third-order valence-electron chi connectivity index (χ3n) is 8.16. The van der Waals surface area contributed by atoms with Gasteiger partial charge in [0.1, 0.15) is 11.5 Å². The minimum Gasteiger partial charge on any atom is -0.384 e. The van der Waals surface area contributed by atoms with Crippen molar-refractivity contribution in [1.82, 2.24) is 35.1 Å². The molecule has 12 heteroatoms. The van der Waals surface area contributed by atoms with Gasteiger partial charge < -0.3 is 15.4 Å². The molecule has 2 aromatic carbocycles. The summed E-state index contributed by atoms with van der Waals surface area (Å²) in [6, 6.07) is 12.2. The van der Waals surface area contributed by atoms with Gasteiger partial charge in [-0.2, -0.15) is 10.2 Å². The summed E-state index contributed by atoms with van der Waals surface area (Å²) in [5, 5.41) is 18.5. The van der Waals surface area contributed by atoms with Crippen molar-refractivity contribution in [1.29, 1.82) is 0 Å². The van der Waals surface area contributed by atoms with E-state index in [0.29, 0.717) is 36.6 Å². The zero-order valence-corrected chi connectivity index (χ0v) is 25.0. The van der Waals surface area contributed by atoms with Crippen LogP contribution in [-0.4, -0.2) is 76.9 Å². The first-order valence-electron chi connectivity index (χ1n) is 14.2. The molecule has 5 rings (SSSR count). The largest absolute Gasteiger partial charge is 0.384 e. The number of carbonyl (C=O) groups is 1. The Morgan fingerprint density at radius 2 is 1.91 bits per heavy atom. The fourth-order valence-corrected chi connectivity index (χ4v) is 6.18. The first-order chi connectivity index (χ1) is 20.7. The van der Waals surface area contributed by atoms with Gasteiger partial charge in [0.15, 0.2) is 11.6 Å². The van der Waals surface area contributed by atoms with Gasteiger partial charge in [-0.25, -0.2) is 18.3 Å². The van der Waals surface area contributed by atoms with Crippen LogP contribution in [0.1, 0.15) is 23.6 Å². The van der Waals surface area contributed by atoms with Gasteiger partial charge in [-0.3, -0.25) is 14.9 Å². The predicted molar refractivity (Wildman–Crippen MR) is 161 cm³/mol. The number of carbonyl (C=O) groups excluding carboxylic acids is 1. The molecule has 2 aromatic heterocycles. The van der Waals surface area contributed by atoms with Crippen molar-refractivity contribution in [3.8, 4) is 16.9 Å². The zero-order valence-electron chi connectivity index (χ0n) is 25.0. The molecule has 3 N–H and O–H groups in total. The van der Waals surface area contributed by atoms with E-state index in [1.807, 2.05) is 64.6 Å². The van der Waals surface area contributed by atoms with Crippen LogP contribution in [0.25, 0.3) is 16.9 Å². The number of hydrogen-bond donors (Lipinski definition) is 3. The number of aryl methyl sites for hydroxylation is 1. The fraction of sp³-hybridized carbons (Fsp3) is 0.387. The van der Waals surface area contributed by atoms with E-state index in [4.69, 9.17) is 9.84 Å². The molecule has 0 spiro atoms. The molecule has 0 aliphatic carbocycles. The number of hydrogen-bond acceptors (Lipinski definition) is 6. The van der Waals surface area contributed by atoms with Crippen molar-refractivity contribution in [2.24, 2.45) is 13.0 Å². The number of likely N-dealkylation sites (N-methyl/N-ethyl adjacent to an activating group) is 1. The van der Waals surface area contributed by atoms with Gasteiger partial charge in [0, 0.05) is 50.0 Å². The van der Waals surface area contributed by atoms with Crippen LogP contribution in [0.4, 0.5) is 19.4 Å². The first-order valence-corrected chi connectivity index (χ1v) is 14.2. The summed E-state index contributed by atoms with van der Waals surface area (Å²) in [6.07, 6.45) is 4.19. The zero-order chi connectivity index (χ0) is 30.7. The van der Waals surface area contributed by atoms with Gasteiger partial charge >= 0.3 is 6.03 Å². The number of anilines is 1. The number of ether oxygens (including phenoxy) is 1. The molecule has 0 saturated carbocycles. The lowest BCUT2D eigenvalue weighted by Crippen LogP contribution is -2.42. The Morgan fingerprint density at radius 1 is 1.14 bits per heavy atom. The Bertz CT molecular complexity index is 1550. The average molecular weight is 593 g/mol. The number of para-hydroxylation sites is 1. The van der Waals surface area contributed by atoms with E-state index in [0.717, 1.165) is 22.9 Å². The maximum Gasteiger partial charge on any atom is 0.320 e. The number of halogens is 2. The lowest BCUT2D eigenvalue weighted by Gasteiger charge is -2.32. The molecule has 228 valence electrons. The molecular weight excluding hydrogens is 554 g/mol. The van der Waals surface area contributed by atoms with E-state index in [9.17, 15) is 13.6 Å². The maximum absolute atomic E-state index is 14.4. The Labute approximate surface area is 250 Å². The Morgan fingerprint density at radius 3 is 2.56 bits per heavy atom. The van der Waals surface area contributed by atoms with Gasteiger partial charge in [0.05, 0.1) is 30.6 Å². The molecule has 10 nitrogen and oxygen atoms in total. The Hall–Kier alpha value is -4.13.